The van der Waals surface area contributed by atoms with Crippen molar-refractivity contribution in [3.63, 3.8) is 0 Å². The smallest absolute Gasteiger partial charge is 0.266 e. The van der Waals surface area contributed by atoms with Crippen molar-refractivity contribution in [2.45, 2.75) is 20.0 Å². The molecular formula is C12H13N3O2S. The summed E-state index contributed by atoms with van der Waals surface area (Å²) >= 11 is 1.33. The first-order valence-corrected chi connectivity index (χ1v) is 6.29. The number of hydrogen-bond donors (Lipinski definition) is 1. The molecule has 0 aliphatic heterocycles. The SMILES string of the molecule is Cc1nnc(NC(=O)[C@H](C)Oc2ccccc2)s1. The minimum Gasteiger partial charge on any atom is -0.481 e. The minimum absolute atomic E-state index is 0.241. The topological polar surface area (TPSA) is 64.1 Å². The van der Waals surface area contributed by atoms with E-state index in [9.17, 15) is 4.79 Å². The van der Waals surface area contributed by atoms with E-state index in [0.717, 1.165) is 5.01 Å². The largest absolute Gasteiger partial charge is 0.481 e. The lowest BCUT2D eigenvalue weighted by molar-refractivity contribution is -0.122. The van der Waals surface area contributed by atoms with Crippen LogP contribution in [-0.4, -0.2) is 22.2 Å². The molecule has 0 unspecified atom stereocenters. The summed E-state index contributed by atoms with van der Waals surface area (Å²) in [5.74, 6) is 0.420. The molecule has 1 N–H and O–H groups in total. The highest BCUT2D eigenvalue weighted by Crippen LogP contribution is 2.15. The van der Waals surface area contributed by atoms with Gasteiger partial charge in [-0.05, 0) is 26.0 Å². The average Bonchev–Trinajstić information content (AvgIpc) is 2.76. The summed E-state index contributed by atoms with van der Waals surface area (Å²) in [6, 6.07) is 9.21. The van der Waals surface area contributed by atoms with Crippen molar-refractivity contribution >= 4 is 22.4 Å². The van der Waals surface area contributed by atoms with Crippen molar-refractivity contribution in [1.29, 1.82) is 0 Å². The summed E-state index contributed by atoms with van der Waals surface area (Å²) in [5, 5.41) is 11.6. The number of nitrogens with one attached hydrogen (secondary N) is 1. The van der Waals surface area contributed by atoms with Gasteiger partial charge in [0, 0.05) is 0 Å². The van der Waals surface area contributed by atoms with Crippen LogP contribution < -0.4 is 10.1 Å². The van der Waals surface area contributed by atoms with E-state index in [-0.39, 0.29) is 5.91 Å². The van der Waals surface area contributed by atoms with Crippen LogP contribution in [-0.2, 0) is 4.79 Å². The second-order valence-electron chi connectivity index (χ2n) is 3.69. The molecule has 1 amide bonds. The number of rotatable bonds is 4. The molecule has 1 heterocycles. The molecule has 2 rings (SSSR count). The third kappa shape index (κ3) is 3.27. The highest BCUT2D eigenvalue weighted by atomic mass is 32.1. The van der Waals surface area contributed by atoms with Crippen LogP contribution in [0.5, 0.6) is 5.75 Å². The molecule has 18 heavy (non-hydrogen) atoms. The standard InChI is InChI=1S/C12H13N3O2S/c1-8(17-10-6-4-3-5-7-10)11(16)13-12-15-14-9(2)18-12/h3-8H,1-2H3,(H,13,15,16)/t8-/m0/s1. The number of aromatic nitrogens is 2. The van der Waals surface area contributed by atoms with Gasteiger partial charge in [0.05, 0.1) is 0 Å². The van der Waals surface area contributed by atoms with E-state index in [2.05, 4.69) is 15.5 Å². The van der Waals surface area contributed by atoms with E-state index >= 15 is 0 Å². The molecule has 6 heteroatoms. The van der Waals surface area contributed by atoms with Crippen LogP contribution in [0.25, 0.3) is 0 Å². The summed E-state index contributed by atoms with van der Waals surface area (Å²) in [6.45, 7) is 3.52. The van der Waals surface area contributed by atoms with Crippen LogP contribution in [0.3, 0.4) is 0 Å². The number of anilines is 1. The molecule has 0 aliphatic carbocycles. The number of nitrogens with zero attached hydrogens (tertiary/aromatic N) is 2. The number of para-hydroxylation sites is 1. The first kappa shape index (κ1) is 12.5. The van der Waals surface area contributed by atoms with Crippen molar-refractivity contribution in [2.24, 2.45) is 0 Å². The van der Waals surface area contributed by atoms with E-state index < -0.39 is 6.10 Å². The Labute approximate surface area is 109 Å². The number of aryl methyl sites for hydroxylation is 1. The van der Waals surface area contributed by atoms with Crippen LogP contribution in [0.1, 0.15) is 11.9 Å². The first-order chi connectivity index (χ1) is 8.65. The Balaban J connectivity index is 1.93. The van der Waals surface area contributed by atoms with E-state index in [0.29, 0.717) is 10.9 Å². The molecule has 1 atom stereocenters. The van der Waals surface area contributed by atoms with Gasteiger partial charge in [-0.1, -0.05) is 29.5 Å². The molecule has 0 radical (unpaired) electrons. The Bertz CT molecular complexity index is 527. The van der Waals surface area contributed by atoms with Crippen molar-refractivity contribution in [2.75, 3.05) is 5.32 Å². The van der Waals surface area contributed by atoms with Gasteiger partial charge in [-0.2, -0.15) is 0 Å². The normalized spacial score (nSPS) is 11.9. The summed E-state index contributed by atoms with van der Waals surface area (Å²) < 4.78 is 5.50. The first-order valence-electron chi connectivity index (χ1n) is 5.48. The van der Waals surface area contributed by atoms with Crippen molar-refractivity contribution in [3.05, 3.63) is 35.3 Å². The van der Waals surface area contributed by atoms with Gasteiger partial charge < -0.3 is 4.74 Å². The molecule has 0 spiro atoms. The lowest BCUT2D eigenvalue weighted by Gasteiger charge is -2.13. The van der Waals surface area contributed by atoms with Crippen LogP contribution in [0.4, 0.5) is 5.13 Å². The predicted octanol–water partition coefficient (Wildman–Crippen LogP) is 2.25. The zero-order valence-corrected chi connectivity index (χ0v) is 10.9. The quantitative estimate of drug-likeness (QED) is 0.919. The Morgan fingerprint density at radius 3 is 2.67 bits per heavy atom. The summed E-state index contributed by atoms with van der Waals surface area (Å²) in [6.07, 6.45) is -0.586. The molecule has 0 bridgehead atoms. The van der Waals surface area contributed by atoms with E-state index in [1.165, 1.54) is 11.3 Å². The fourth-order valence-electron chi connectivity index (χ4n) is 1.31. The molecule has 0 fully saturated rings. The average molecular weight is 263 g/mol. The van der Waals surface area contributed by atoms with Crippen LogP contribution in [0, 0.1) is 6.92 Å². The zero-order valence-electron chi connectivity index (χ0n) is 10.1. The zero-order chi connectivity index (χ0) is 13.0. The van der Waals surface area contributed by atoms with E-state index in [1.807, 2.05) is 25.1 Å². The van der Waals surface area contributed by atoms with Crippen LogP contribution in [0.2, 0.25) is 0 Å². The number of carbonyl (C=O) groups is 1. The number of ether oxygens (including phenoxy) is 1. The van der Waals surface area contributed by atoms with E-state index in [1.54, 1.807) is 19.1 Å². The highest BCUT2D eigenvalue weighted by Gasteiger charge is 2.16. The molecule has 94 valence electrons. The number of benzene rings is 1. The van der Waals surface area contributed by atoms with Gasteiger partial charge in [0.1, 0.15) is 10.8 Å². The maximum atomic E-state index is 11.8. The van der Waals surface area contributed by atoms with Crippen LogP contribution >= 0.6 is 11.3 Å². The van der Waals surface area contributed by atoms with Gasteiger partial charge in [0.15, 0.2) is 6.10 Å². The molecular weight excluding hydrogens is 250 g/mol. The molecule has 1 aromatic heterocycles. The molecule has 2 aromatic rings. The predicted molar refractivity (Wildman–Crippen MR) is 69.8 cm³/mol. The van der Waals surface area contributed by atoms with Crippen molar-refractivity contribution in [1.82, 2.24) is 10.2 Å². The number of amides is 1. The maximum absolute atomic E-state index is 11.8. The fourth-order valence-corrected chi connectivity index (χ4v) is 1.91. The van der Waals surface area contributed by atoms with Crippen molar-refractivity contribution < 1.29 is 9.53 Å². The number of carbonyl (C=O) groups excluding carboxylic acids is 1. The summed E-state index contributed by atoms with van der Waals surface area (Å²) in [5.41, 5.74) is 0. The Hall–Kier alpha value is -1.95. The van der Waals surface area contributed by atoms with Gasteiger partial charge in [0.25, 0.3) is 5.91 Å². The van der Waals surface area contributed by atoms with Gasteiger partial charge in [-0.3, -0.25) is 10.1 Å². The summed E-state index contributed by atoms with van der Waals surface area (Å²) in [4.78, 5) is 11.8. The summed E-state index contributed by atoms with van der Waals surface area (Å²) in [7, 11) is 0. The van der Waals surface area contributed by atoms with Gasteiger partial charge in [-0.15, -0.1) is 10.2 Å². The number of hydrogen-bond acceptors (Lipinski definition) is 5. The fraction of sp³-hybridized carbons (Fsp3) is 0.250. The van der Waals surface area contributed by atoms with Gasteiger partial charge in [-0.25, -0.2) is 0 Å². The molecule has 0 saturated heterocycles. The molecule has 0 aliphatic rings. The second-order valence-corrected chi connectivity index (χ2v) is 4.87. The lowest BCUT2D eigenvalue weighted by atomic mass is 10.3. The highest BCUT2D eigenvalue weighted by molar-refractivity contribution is 7.15. The Morgan fingerprint density at radius 1 is 1.33 bits per heavy atom. The Kier molecular flexibility index (Phi) is 3.88. The third-order valence-electron chi connectivity index (χ3n) is 2.18. The Morgan fingerprint density at radius 2 is 2.06 bits per heavy atom. The monoisotopic (exact) mass is 263 g/mol. The van der Waals surface area contributed by atoms with Gasteiger partial charge >= 0.3 is 0 Å². The van der Waals surface area contributed by atoms with E-state index in [4.69, 9.17) is 4.74 Å². The third-order valence-corrected chi connectivity index (χ3v) is 2.94. The molecule has 0 saturated carbocycles. The molecule has 1 aromatic carbocycles. The van der Waals surface area contributed by atoms with Crippen LogP contribution in [0.15, 0.2) is 30.3 Å². The van der Waals surface area contributed by atoms with Crippen molar-refractivity contribution in [3.8, 4) is 5.75 Å². The second kappa shape index (κ2) is 5.59. The van der Waals surface area contributed by atoms with Gasteiger partial charge in [0.2, 0.25) is 5.13 Å². The maximum Gasteiger partial charge on any atom is 0.266 e. The minimum atomic E-state index is -0.586. The lowest BCUT2D eigenvalue weighted by Crippen LogP contribution is -2.30. The molecule has 5 nitrogen and oxygen atoms in total.